The number of hydrogen-bond donors (Lipinski definition) is 0. The van der Waals surface area contributed by atoms with Gasteiger partial charge in [0.15, 0.2) is 0 Å². The van der Waals surface area contributed by atoms with Crippen LogP contribution >= 0.6 is 11.3 Å². The average molecular weight is 552 g/mol. The van der Waals surface area contributed by atoms with E-state index in [1.807, 2.05) is 66.7 Å². The highest BCUT2D eigenvalue weighted by molar-refractivity contribution is 7.18. The highest BCUT2D eigenvalue weighted by Crippen LogP contribution is 2.39. The van der Waals surface area contributed by atoms with Gasteiger partial charge >= 0.3 is 0 Å². The van der Waals surface area contributed by atoms with Crippen LogP contribution in [0.1, 0.15) is 15.1 Å². The van der Waals surface area contributed by atoms with E-state index in [1.165, 1.54) is 0 Å². The van der Waals surface area contributed by atoms with Gasteiger partial charge in [-0.05, 0) is 63.3 Å². The van der Waals surface area contributed by atoms with Crippen LogP contribution in [-0.2, 0) is 0 Å². The molecule has 0 bridgehead atoms. The number of benzene rings is 5. The molecule has 0 unspecified atom stereocenters. The molecule has 0 aliphatic rings. The fourth-order valence-electron chi connectivity index (χ4n) is 5.06. The first-order chi connectivity index (χ1) is 24.9. The molecule has 2 nitrogen and oxygen atoms in total. The van der Waals surface area contributed by atoms with Gasteiger partial charge in [0.1, 0.15) is 0 Å². The maximum absolute atomic E-state index is 9.38. The number of hydrogen-bond acceptors (Lipinski definition) is 3. The van der Waals surface area contributed by atoms with Crippen LogP contribution < -0.4 is 0 Å². The van der Waals surface area contributed by atoms with E-state index in [4.69, 9.17) is 18.7 Å². The fourth-order valence-corrected chi connectivity index (χ4v) is 5.88. The Labute approximate surface area is 257 Å². The quantitative estimate of drug-likeness (QED) is 0.203. The lowest BCUT2D eigenvalue weighted by atomic mass is 9.92. The summed E-state index contributed by atoms with van der Waals surface area (Å²) >= 11 is 0.755. The molecule has 8 aromatic rings. The second kappa shape index (κ2) is 9.81. The number of rotatable bonds is 4. The molecule has 0 radical (unpaired) electrons. The van der Waals surface area contributed by atoms with E-state index in [-0.39, 0.29) is 38.5 Å². The zero-order valence-corrected chi connectivity index (χ0v) is 22.1. The lowest BCUT2D eigenvalue weighted by Gasteiger charge is -2.13. The van der Waals surface area contributed by atoms with Crippen LogP contribution in [0.3, 0.4) is 0 Å². The first kappa shape index (κ1) is 15.0. The summed E-state index contributed by atoms with van der Waals surface area (Å²) in [6.45, 7) is 0. The first-order valence-corrected chi connectivity index (χ1v) is 13.7. The van der Waals surface area contributed by atoms with Gasteiger partial charge in [0.05, 0.1) is 31.8 Å². The van der Waals surface area contributed by atoms with Crippen LogP contribution in [0.25, 0.3) is 75.8 Å². The van der Waals surface area contributed by atoms with E-state index >= 15 is 0 Å². The number of nitrogens with zero attached hydrogens (tertiary/aromatic N) is 2. The Morgan fingerprint density at radius 1 is 0.537 bits per heavy atom. The van der Waals surface area contributed by atoms with Crippen LogP contribution in [0.5, 0.6) is 0 Å². The number of pyridine rings is 2. The molecule has 3 aromatic heterocycles. The van der Waals surface area contributed by atoms with E-state index in [2.05, 4.69) is 4.98 Å². The van der Waals surface area contributed by atoms with Crippen LogP contribution in [0.4, 0.5) is 0 Å². The van der Waals surface area contributed by atoms with Gasteiger partial charge in [-0.25, -0.2) is 4.98 Å². The van der Waals surface area contributed by atoms with Crippen LogP contribution in [0.15, 0.2) is 145 Å². The third kappa shape index (κ3) is 4.19. The molecule has 3 heterocycles. The van der Waals surface area contributed by atoms with Crippen molar-refractivity contribution in [1.29, 1.82) is 0 Å². The Kier molecular flexibility index (Phi) is 3.60. The molecule has 5 aromatic carbocycles. The van der Waals surface area contributed by atoms with Gasteiger partial charge in [-0.2, -0.15) is 0 Å². The summed E-state index contributed by atoms with van der Waals surface area (Å²) in [6.07, 6.45) is 1.73. The second-order valence-corrected chi connectivity index (χ2v) is 10.4. The van der Waals surface area contributed by atoms with Gasteiger partial charge in [0.25, 0.3) is 0 Å². The number of fused-ring (bicyclic) bond motifs is 4. The summed E-state index contributed by atoms with van der Waals surface area (Å²) in [6, 6.07) is 17.5. The van der Waals surface area contributed by atoms with Gasteiger partial charge < -0.3 is 0 Å². The Morgan fingerprint density at radius 2 is 1.22 bits per heavy atom. The molecule has 0 fully saturated rings. The van der Waals surface area contributed by atoms with Gasteiger partial charge in [-0.1, -0.05) is 109 Å². The van der Waals surface area contributed by atoms with Crippen molar-refractivity contribution in [3.8, 4) is 43.3 Å². The minimum atomic E-state index is -0.593. The maximum Gasteiger partial charge on any atom is 0.0972 e. The normalized spacial score (nSPS) is 15.2. The molecule has 0 aliphatic carbocycles. The van der Waals surface area contributed by atoms with Gasteiger partial charge in [-0.3, -0.25) is 4.98 Å². The van der Waals surface area contributed by atoms with Crippen molar-refractivity contribution in [2.24, 2.45) is 0 Å². The number of thiophene rings is 1. The third-order valence-corrected chi connectivity index (χ3v) is 7.99. The van der Waals surface area contributed by atoms with Crippen molar-refractivity contribution in [3.05, 3.63) is 145 Å². The van der Waals surface area contributed by atoms with E-state index in [0.29, 0.717) is 16.6 Å². The van der Waals surface area contributed by atoms with Crippen molar-refractivity contribution < 1.29 is 15.1 Å². The largest absolute Gasteiger partial charge is 0.254 e. The summed E-state index contributed by atoms with van der Waals surface area (Å²) in [5.74, 6) is 0. The molecule has 0 amide bonds. The standard InChI is InChI=1S/C38H24N2S/c1-2-8-25(9-3-1)35-21-22-36(41-35)29-11-6-10-28(24-29)30-18-19-33(32-14-5-4-13-31(30)32)34-20-17-27-16-15-26-12-7-23-39-37(26)38(27)40-34/h1-24H/i1D,2D,3D,6D,8D,9D,10D,11D,21D,22D,24D. The SMILES string of the molecule is [2H]c1c(-c2c([2H])c([2H])c([2H])c([2H])c2[2H])sc(-c2c([2H])c([2H])c([2H])c(-c3ccc(-c4ccc5ccc6cccnc6c5n4)c4ccccc34)c2[2H])c1[2H]. The molecular weight excluding hydrogens is 516 g/mol. The molecule has 0 atom stereocenters. The lowest BCUT2D eigenvalue weighted by molar-refractivity contribution is 1.37. The molecule has 0 N–H and O–H groups in total. The monoisotopic (exact) mass is 551 g/mol. The Bertz CT molecular complexity index is 2800. The predicted molar refractivity (Wildman–Crippen MR) is 174 cm³/mol. The number of aromatic nitrogens is 2. The van der Waals surface area contributed by atoms with Crippen molar-refractivity contribution in [2.75, 3.05) is 0 Å². The summed E-state index contributed by atoms with van der Waals surface area (Å²) < 4.78 is 94.5. The Balaban J connectivity index is 1.34. The zero-order valence-electron chi connectivity index (χ0n) is 32.3. The van der Waals surface area contributed by atoms with Crippen LogP contribution in [0.2, 0.25) is 0 Å². The third-order valence-electron chi connectivity index (χ3n) is 6.97. The molecule has 192 valence electrons. The summed E-state index contributed by atoms with van der Waals surface area (Å²) in [5, 5.41) is 3.34. The Hall–Kier alpha value is -5.12. The fraction of sp³-hybridized carbons (Fsp3) is 0. The highest BCUT2D eigenvalue weighted by Gasteiger charge is 2.13. The van der Waals surface area contributed by atoms with Gasteiger partial charge in [0.2, 0.25) is 0 Å². The molecule has 3 heteroatoms. The zero-order chi connectivity index (χ0) is 36.7. The van der Waals surface area contributed by atoms with Gasteiger partial charge in [-0.15, -0.1) is 11.3 Å². The minimum absolute atomic E-state index is 0.0429. The molecule has 0 aliphatic heterocycles. The highest BCUT2D eigenvalue weighted by atomic mass is 32.1. The van der Waals surface area contributed by atoms with Gasteiger partial charge in [0, 0.05) is 32.3 Å². The van der Waals surface area contributed by atoms with E-state index in [0.717, 1.165) is 44.1 Å². The van der Waals surface area contributed by atoms with E-state index in [1.54, 1.807) is 12.3 Å². The van der Waals surface area contributed by atoms with Crippen molar-refractivity contribution in [3.63, 3.8) is 0 Å². The van der Waals surface area contributed by atoms with Crippen LogP contribution in [0, 0.1) is 0 Å². The van der Waals surface area contributed by atoms with Crippen LogP contribution in [-0.4, -0.2) is 9.97 Å². The molecule has 0 saturated heterocycles. The van der Waals surface area contributed by atoms with E-state index in [9.17, 15) is 1.37 Å². The molecule has 0 spiro atoms. The lowest BCUT2D eigenvalue weighted by Crippen LogP contribution is -1.91. The Morgan fingerprint density at radius 3 is 2.07 bits per heavy atom. The molecule has 41 heavy (non-hydrogen) atoms. The summed E-state index contributed by atoms with van der Waals surface area (Å²) in [4.78, 5) is 9.47. The van der Waals surface area contributed by atoms with Crippen molar-refractivity contribution in [1.82, 2.24) is 9.97 Å². The minimum Gasteiger partial charge on any atom is -0.254 e. The molecule has 0 saturated carbocycles. The summed E-state index contributed by atoms with van der Waals surface area (Å²) in [7, 11) is 0. The van der Waals surface area contributed by atoms with Crippen molar-refractivity contribution in [2.45, 2.75) is 0 Å². The second-order valence-electron chi connectivity index (χ2n) is 9.38. The van der Waals surface area contributed by atoms with Crippen molar-refractivity contribution >= 4 is 43.9 Å². The predicted octanol–water partition coefficient (Wildman–Crippen LogP) is 10.7. The smallest absolute Gasteiger partial charge is 0.0972 e. The van der Waals surface area contributed by atoms with E-state index < -0.39 is 54.4 Å². The average Bonchev–Trinajstić information content (AvgIpc) is 3.44. The first-order valence-electron chi connectivity index (χ1n) is 18.4. The molecule has 8 rings (SSSR count). The maximum atomic E-state index is 9.38. The summed E-state index contributed by atoms with van der Waals surface area (Å²) in [5.41, 5.74) is 3.12. The topological polar surface area (TPSA) is 25.8 Å². The molecular formula is C38H24N2S.